The Kier molecular flexibility index (Phi) is 7.37. The van der Waals surface area contributed by atoms with E-state index in [9.17, 15) is 4.79 Å². The summed E-state index contributed by atoms with van der Waals surface area (Å²) in [5.74, 6) is 0.448. The lowest BCUT2D eigenvalue weighted by Gasteiger charge is -2.22. The molecular formula is C19H22N2O3S. The molecule has 0 bridgehead atoms. The minimum Gasteiger partial charge on any atom is -0.410 e. The van der Waals surface area contributed by atoms with Crippen molar-refractivity contribution in [3.63, 3.8) is 0 Å². The number of nitrogens with zero attached hydrogens (tertiary/aromatic N) is 1. The summed E-state index contributed by atoms with van der Waals surface area (Å²) >= 11 is 5.03. The first kappa shape index (κ1) is 18.9. The Hall–Kier alpha value is -2.44. The fraction of sp³-hybridized carbons (Fsp3) is 0.263. The Morgan fingerprint density at radius 3 is 2.60 bits per heavy atom. The molecule has 5 nitrogen and oxygen atoms in total. The van der Waals surface area contributed by atoms with Crippen LogP contribution in [-0.2, 0) is 4.74 Å². The molecule has 2 aromatic carbocycles. The Morgan fingerprint density at radius 2 is 1.92 bits per heavy atom. The van der Waals surface area contributed by atoms with Crippen molar-refractivity contribution in [2.45, 2.75) is 13.8 Å². The van der Waals surface area contributed by atoms with Gasteiger partial charge < -0.3 is 14.8 Å². The maximum atomic E-state index is 12.6. The van der Waals surface area contributed by atoms with E-state index in [1.54, 1.807) is 30.0 Å². The molecule has 0 aliphatic rings. The Labute approximate surface area is 153 Å². The number of thiocarbonyl (C=S) groups is 1. The van der Waals surface area contributed by atoms with Gasteiger partial charge in [0.25, 0.3) is 0 Å². The van der Waals surface area contributed by atoms with Crippen molar-refractivity contribution in [2.24, 2.45) is 0 Å². The number of rotatable bonds is 7. The zero-order valence-corrected chi connectivity index (χ0v) is 15.2. The molecule has 0 fully saturated rings. The summed E-state index contributed by atoms with van der Waals surface area (Å²) in [6.07, 6.45) is -0.456. The summed E-state index contributed by atoms with van der Waals surface area (Å²) in [6.45, 7) is 5.16. The average Bonchev–Trinajstić information content (AvgIpc) is 2.59. The van der Waals surface area contributed by atoms with E-state index in [1.807, 2.05) is 43.3 Å². The first-order valence-corrected chi connectivity index (χ1v) is 8.50. The first-order chi connectivity index (χ1) is 12.1. The second-order valence-electron chi connectivity index (χ2n) is 5.26. The fourth-order valence-corrected chi connectivity index (χ4v) is 2.35. The second-order valence-corrected chi connectivity index (χ2v) is 5.87. The van der Waals surface area contributed by atoms with Gasteiger partial charge in [-0.2, -0.15) is 0 Å². The molecular weight excluding hydrogens is 336 g/mol. The van der Waals surface area contributed by atoms with Crippen LogP contribution in [0.1, 0.15) is 13.8 Å². The predicted octanol–water partition coefficient (Wildman–Crippen LogP) is 4.49. The molecule has 25 heavy (non-hydrogen) atoms. The van der Waals surface area contributed by atoms with E-state index in [1.165, 1.54) is 0 Å². The standard InChI is InChI=1S/C19H22N2O3S/c1-3-23-13-12-21(17-9-5-4-6-10-17)19(22)24-18-11-7-8-16(14-18)20-15(2)25/h4-11,14H,3,12-13H2,1-2H3,(H,20,25). The number of amides is 1. The highest BCUT2D eigenvalue weighted by Gasteiger charge is 2.18. The summed E-state index contributed by atoms with van der Waals surface area (Å²) in [4.78, 5) is 14.8. The maximum Gasteiger partial charge on any atom is 0.419 e. The molecule has 0 unspecified atom stereocenters. The summed E-state index contributed by atoms with van der Waals surface area (Å²) in [6, 6.07) is 16.5. The summed E-state index contributed by atoms with van der Waals surface area (Å²) in [5, 5.41) is 3.03. The van der Waals surface area contributed by atoms with Crippen molar-refractivity contribution in [3.8, 4) is 5.75 Å². The van der Waals surface area contributed by atoms with Gasteiger partial charge in [0, 0.05) is 24.0 Å². The van der Waals surface area contributed by atoms with Crippen LogP contribution in [0.2, 0.25) is 0 Å². The van der Waals surface area contributed by atoms with Gasteiger partial charge in [0.15, 0.2) is 0 Å². The molecule has 0 aliphatic carbocycles. The molecule has 6 heteroatoms. The number of para-hydroxylation sites is 1. The summed E-state index contributed by atoms with van der Waals surface area (Å²) in [5.41, 5.74) is 1.54. The highest BCUT2D eigenvalue weighted by Crippen LogP contribution is 2.20. The number of carbonyl (C=O) groups excluding carboxylic acids is 1. The number of anilines is 2. The van der Waals surface area contributed by atoms with E-state index in [-0.39, 0.29) is 0 Å². The Bertz CT molecular complexity index is 707. The predicted molar refractivity (Wildman–Crippen MR) is 105 cm³/mol. The fourth-order valence-electron chi connectivity index (χ4n) is 2.23. The van der Waals surface area contributed by atoms with Crippen molar-refractivity contribution >= 4 is 34.7 Å². The van der Waals surface area contributed by atoms with Crippen LogP contribution in [0, 0.1) is 0 Å². The monoisotopic (exact) mass is 358 g/mol. The molecule has 0 aliphatic heterocycles. The molecule has 0 aromatic heterocycles. The lowest BCUT2D eigenvalue weighted by molar-refractivity contribution is 0.151. The maximum absolute atomic E-state index is 12.6. The van der Waals surface area contributed by atoms with Crippen LogP contribution >= 0.6 is 12.2 Å². The number of nitrogens with one attached hydrogen (secondary N) is 1. The lowest BCUT2D eigenvalue weighted by Crippen LogP contribution is -2.36. The third-order valence-electron chi connectivity index (χ3n) is 3.31. The number of carbonyl (C=O) groups is 1. The van der Waals surface area contributed by atoms with E-state index in [4.69, 9.17) is 21.7 Å². The molecule has 2 aromatic rings. The van der Waals surface area contributed by atoms with Crippen LogP contribution in [0.25, 0.3) is 0 Å². The van der Waals surface area contributed by atoms with Crippen molar-refractivity contribution < 1.29 is 14.3 Å². The first-order valence-electron chi connectivity index (χ1n) is 8.10. The van der Waals surface area contributed by atoms with Gasteiger partial charge in [-0.3, -0.25) is 4.90 Å². The highest BCUT2D eigenvalue weighted by molar-refractivity contribution is 7.80. The number of hydrogen-bond acceptors (Lipinski definition) is 4. The molecule has 0 spiro atoms. The molecule has 1 N–H and O–H groups in total. The Balaban J connectivity index is 2.12. The van der Waals surface area contributed by atoms with E-state index < -0.39 is 6.09 Å². The molecule has 0 heterocycles. The van der Waals surface area contributed by atoms with Crippen molar-refractivity contribution in [2.75, 3.05) is 30.0 Å². The molecule has 0 saturated carbocycles. The van der Waals surface area contributed by atoms with Crippen LogP contribution in [0.15, 0.2) is 54.6 Å². The molecule has 0 radical (unpaired) electrons. The van der Waals surface area contributed by atoms with E-state index in [0.717, 1.165) is 11.4 Å². The number of hydrogen-bond donors (Lipinski definition) is 1. The average molecular weight is 358 g/mol. The number of ether oxygens (including phenoxy) is 2. The van der Waals surface area contributed by atoms with Crippen molar-refractivity contribution in [3.05, 3.63) is 54.6 Å². The van der Waals surface area contributed by atoms with Crippen LogP contribution in [0.4, 0.5) is 16.2 Å². The van der Waals surface area contributed by atoms with Gasteiger partial charge >= 0.3 is 6.09 Å². The third-order valence-corrected chi connectivity index (χ3v) is 3.41. The second kappa shape index (κ2) is 9.76. The molecule has 2 rings (SSSR count). The van der Waals surface area contributed by atoms with Gasteiger partial charge in [0.05, 0.1) is 18.1 Å². The normalized spacial score (nSPS) is 10.2. The van der Waals surface area contributed by atoms with Gasteiger partial charge in [-0.1, -0.05) is 36.5 Å². The lowest BCUT2D eigenvalue weighted by atomic mass is 10.3. The van der Waals surface area contributed by atoms with Gasteiger partial charge in [-0.05, 0) is 38.1 Å². The minimum atomic E-state index is -0.456. The van der Waals surface area contributed by atoms with E-state index in [2.05, 4.69) is 5.32 Å². The van der Waals surface area contributed by atoms with Crippen LogP contribution in [0.3, 0.4) is 0 Å². The van der Waals surface area contributed by atoms with Gasteiger partial charge in [0.2, 0.25) is 0 Å². The Morgan fingerprint density at radius 1 is 1.16 bits per heavy atom. The van der Waals surface area contributed by atoms with Gasteiger partial charge in [-0.15, -0.1) is 0 Å². The quantitative estimate of drug-likeness (QED) is 0.584. The molecule has 0 saturated heterocycles. The number of benzene rings is 2. The SMILES string of the molecule is CCOCCN(C(=O)Oc1cccc(NC(C)=S)c1)c1ccccc1. The summed E-state index contributed by atoms with van der Waals surface area (Å²) < 4.78 is 10.9. The van der Waals surface area contributed by atoms with Crippen LogP contribution < -0.4 is 15.0 Å². The van der Waals surface area contributed by atoms with Crippen LogP contribution in [-0.4, -0.2) is 30.8 Å². The largest absolute Gasteiger partial charge is 0.419 e. The van der Waals surface area contributed by atoms with Crippen molar-refractivity contribution in [1.82, 2.24) is 0 Å². The van der Waals surface area contributed by atoms with E-state index >= 15 is 0 Å². The van der Waals surface area contributed by atoms with Gasteiger partial charge in [-0.25, -0.2) is 4.79 Å². The van der Waals surface area contributed by atoms with Crippen molar-refractivity contribution in [1.29, 1.82) is 0 Å². The van der Waals surface area contributed by atoms with Crippen LogP contribution in [0.5, 0.6) is 5.75 Å². The molecule has 1 amide bonds. The minimum absolute atomic E-state index is 0.410. The molecule has 132 valence electrons. The smallest absolute Gasteiger partial charge is 0.410 e. The zero-order chi connectivity index (χ0) is 18.1. The molecule has 0 atom stereocenters. The summed E-state index contributed by atoms with van der Waals surface area (Å²) in [7, 11) is 0. The van der Waals surface area contributed by atoms with Gasteiger partial charge in [0.1, 0.15) is 5.75 Å². The third kappa shape index (κ3) is 6.17. The highest BCUT2D eigenvalue weighted by atomic mass is 32.1. The zero-order valence-electron chi connectivity index (χ0n) is 14.4. The van der Waals surface area contributed by atoms with E-state index in [0.29, 0.717) is 30.5 Å². The topological polar surface area (TPSA) is 50.8 Å².